The minimum atomic E-state index is 0. The summed E-state index contributed by atoms with van der Waals surface area (Å²) < 4.78 is 7.88. The van der Waals surface area contributed by atoms with Gasteiger partial charge in [0.05, 0.1) is 12.6 Å². The molecule has 2 aliphatic heterocycles. The second-order valence-electron chi connectivity index (χ2n) is 11.0. The lowest BCUT2D eigenvalue weighted by Gasteiger charge is -2.34. The average molecular weight is 574 g/mol. The zero-order valence-electron chi connectivity index (χ0n) is 24.5. The summed E-state index contributed by atoms with van der Waals surface area (Å²) in [5.74, 6) is 1.79. The molecule has 1 amide bonds. The van der Waals surface area contributed by atoms with Crippen LogP contribution in [0.25, 0.3) is 10.9 Å². The van der Waals surface area contributed by atoms with E-state index in [1.54, 1.807) is 7.11 Å². The van der Waals surface area contributed by atoms with Crippen LogP contribution in [0.15, 0.2) is 54.6 Å². The van der Waals surface area contributed by atoms with Crippen molar-refractivity contribution in [3.63, 3.8) is 0 Å². The first kappa shape index (κ1) is 29.0. The van der Waals surface area contributed by atoms with Gasteiger partial charge in [0.25, 0.3) is 5.91 Å². The van der Waals surface area contributed by atoms with Crippen molar-refractivity contribution in [1.82, 2.24) is 19.4 Å². The summed E-state index contributed by atoms with van der Waals surface area (Å²) in [6.07, 6.45) is 0.963. The first-order chi connectivity index (χ1) is 19.5. The highest BCUT2D eigenvalue weighted by molar-refractivity contribution is 6.01. The number of hydrogen-bond donors (Lipinski definition) is 0. The van der Waals surface area contributed by atoms with E-state index >= 15 is 0 Å². The van der Waals surface area contributed by atoms with Gasteiger partial charge in [0.15, 0.2) is 5.82 Å². The van der Waals surface area contributed by atoms with Crippen molar-refractivity contribution in [3.05, 3.63) is 88.2 Å². The summed E-state index contributed by atoms with van der Waals surface area (Å²) >= 11 is 0. The van der Waals surface area contributed by atoms with Crippen molar-refractivity contribution in [2.45, 2.75) is 40.3 Å². The summed E-state index contributed by atoms with van der Waals surface area (Å²) in [6.45, 7) is 13.2. The number of hydrogen-bond acceptors (Lipinski definition) is 5. The molecule has 4 heterocycles. The fraction of sp³-hybridized carbons (Fsp3) is 0.394. The van der Waals surface area contributed by atoms with Gasteiger partial charge in [0, 0.05) is 56.9 Å². The molecule has 0 saturated carbocycles. The van der Waals surface area contributed by atoms with Crippen LogP contribution in [0.4, 0.5) is 5.82 Å². The number of likely N-dealkylation sites (N-methyl/N-ethyl adjacent to an activating group) is 1. The van der Waals surface area contributed by atoms with Gasteiger partial charge in [0.2, 0.25) is 0 Å². The molecular formula is C33H40ClN5O2. The first-order valence-corrected chi connectivity index (χ1v) is 14.4. The Morgan fingerprint density at radius 3 is 2.44 bits per heavy atom. The number of amides is 1. The molecule has 7 nitrogen and oxygen atoms in total. The second-order valence-corrected chi connectivity index (χ2v) is 11.0. The molecular weight excluding hydrogens is 534 g/mol. The quantitative estimate of drug-likeness (QED) is 0.306. The summed E-state index contributed by atoms with van der Waals surface area (Å²) in [5, 5.41) is 1.11. The smallest absolute Gasteiger partial charge is 0.272 e. The molecule has 216 valence electrons. The SMILES string of the molecule is CCN1CCN(C(=O)c2cc3c(C)c(C)n(Cc4cccc(OC)c4)c3c(N3CCc4ccccc4C3)n2)CC1.Cl. The number of aryl methyl sites for hydroxylation is 1. The summed E-state index contributed by atoms with van der Waals surface area (Å²) in [6, 6.07) is 19.0. The number of pyridine rings is 1. The highest BCUT2D eigenvalue weighted by Gasteiger charge is 2.28. The Hall–Kier alpha value is -3.55. The van der Waals surface area contributed by atoms with Gasteiger partial charge in [-0.05, 0) is 67.3 Å². The van der Waals surface area contributed by atoms with E-state index in [2.05, 4.69) is 71.5 Å². The summed E-state index contributed by atoms with van der Waals surface area (Å²) in [7, 11) is 1.70. The molecule has 41 heavy (non-hydrogen) atoms. The van der Waals surface area contributed by atoms with Crippen LogP contribution in [0, 0.1) is 13.8 Å². The first-order valence-electron chi connectivity index (χ1n) is 14.4. The Morgan fingerprint density at radius 1 is 0.951 bits per heavy atom. The average Bonchev–Trinajstić information content (AvgIpc) is 3.24. The number of carbonyl (C=O) groups is 1. The summed E-state index contributed by atoms with van der Waals surface area (Å²) in [5.41, 5.74) is 7.94. The number of ether oxygens (including phenoxy) is 1. The highest BCUT2D eigenvalue weighted by Crippen LogP contribution is 2.36. The van der Waals surface area contributed by atoms with Gasteiger partial charge in [-0.3, -0.25) is 4.79 Å². The molecule has 4 aromatic rings. The van der Waals surface area contributed by atoms with Crippen LogP contribution < -0.4 is 9.64 Å². The van der Waals surface area contributed by atoms with Crippen molar-refractivity contribution in [2.75, 3.05) is 51.3 Å². The van der Waals surface area contributed by atoms with Gasteiger partial charge in [-0.25, -0.2) is 4.98 Å². The lowest BCUT2D eigenvalue weighted by molar-refractivity contribution is 0.0638. The Bertz CT molecular complexity index is 1560. The molecule has 6 rings (SSSR count). The fourth-order valence-corrected chi connectivity index (χ4v) is 6.23. The Balaban J connectivity index is 0.00000337. The van der Waals surface area contributed by atoms with Gasteiger partial charge in [0.1, 0.15) is 11.4 Å². The van der Waals surface area contributed by atoms with E-state index in [0.29, 0.717) is 12.2 Å². The molecule has 0 atom stereocenters. The maximum Gasteiger partial charge on any atom is 0.272 e. The van der Waals surface area contributed by atoms with Gasteiger partial charge in [-0.15, -0.1) is 12.4 Å². The number of methoxy groups -OCH3 is 1. The molecule has 1 saturated heterocycles. The van der Waals surface area contributed by atoms with E-state index in [1.165, 1.54) is 27.9 Å². The monoisotopic (exact) mass is 573 g/mol. The normalized spacial score (nSPS) is 15.5. The van der Waals surface area contributed by atoms with Crippen LogP contribution in [0.2, 0.25) is 0 Å². The number of benzene rings is 2. The third-order valence-electron chi connectivity index (χ3n) is 8.83. The number of carbonyl (C=O) groups excluding carboxylic acids is 1. The van der Waals surface area contributed by atoms with E-state index in [0.717, 1.165) is 74.7 Å². The van der Waals surface area contributed by atoms with Gasteiger partial charge < -0.3 is 24.0 Å². The topological polar surface area (TPSA) is 53.8 Å². The minimum Gasteiger partial charge on any atom is -0.497 e. The molecule has 2 aromatic carbocycles. The zero-order valence-corrected chi connectivity index (χ0v) is 25.3. The van der Waals surface area contributed by atoms with Crippen LogP contribution in [0.1, 0.15) is 45.4 Å². The summed E-state index contributed by atoms with van der Waals surface area (Å²) in [4.78, 5) is 25.8. The predicted molar refractivity (Wildman–Crippen MR) is 168 cm³/mol. The predicted octanol–water partition coefficient (Wildman–Crippen LogP) is 5.47. The number of fused-ring (bicyclic) bond motifs is 2. The van der Waals surface area contributed by atoms with Gasteiger partial charge in [-0.1, -0.05) is 43.3 Å². The van der Waals surface area contributed by atoms with Gasteiger partial charge in [-0.2, -0.15) is 0 Å². The van der Waals surface area contributed by atoms with E-state index in [-0.39, 0.29) is 18.3 Å². The Morgan fingerprint density at radius 2 is 1.71 bits per heavy atom. The molecule has 0 radical (unpaired) electrons. The molecule has 2 aliphatic rings. The van der Waals surface area contributed by atoms with Crippen LogP contribution >= 0.6 is 12.4 Å². The molecule has 0 spiro atoms. The molecule has 0 N–H and O–H groups in total. The number of rotatable bonds is 6. The molecule has 2 aromatic heterocycles. The molecule has 1 fully saturated rings. The fourth-order valence-electron chi connectivity index (χ4n) is 6.23. The van der Waals surface area contributed by atoms with Crippen molar-refractivity contribution in [3.8, 4) is 5.75 Å². The van der Waals surface area contributed by atoms with Crippen molar-refractivity contribution in [2.24, 2.45) is 0 Å². The zero-order chi connectivity index (χ0) is 27.8. The van der Waals surface area contributed by atoms with Gasteiger partial charge >= 0.3 is 0 Å². The lowest BCUT2D eigenvalue weighted by Crippen LogP contribution is -2.48. The molecule has 0 unspecified atom stereocenters. The van der Waals surface area contributed by atoms with Crippen LogP contribution in [-0.2, 0) is 19.5 Å². The highest BCUT2D eigenvalue weighted by atomic mass is 35.5. The molecule has 0 bridgehead atoms. The second kappa shape index (κ2) is 12.1. The van der Waals surface area contributed by atoms with E-state index in [4.69, 9.17) is 9.72 Å². The van der Waals surface area contributed by atoms with Crippen LogP contribution in [0.3, 0.4) is 0 Å². The minimum absolute atomic E-state index is 0. The van der Waals surface area contributed by atoms with Crippen LogP contribution in [0.5, 0.6) is 5.75 Å². The third-order valence-corrected chi connectivity index (χ3v) is 8.83. The lowest BCUT2D eigenvalue weighted by atomic mass is 10.00. The third kappa shape index (κ3) is 5.53. The van der Waals surface area contributed by atoms with E-state index in [9.17, 15) is 4.79 Å². The Kier molecular flexibility index (Phi) is 8.57. The number of anilines is 1. The standard InChI is InChI=1S/C33H39N5O2.ClH/c1-5-35-15-17-36(18-16-35)33(39)30-20-29-23(2)24(3)38(21-25-9-8-12-28(19-25)40-4)31(29)32(34-30)37-14-13-26-10-6-7-11-27(26)22-37;/h6-12,19-20H,5,13-18,21-22H2,1-4H3;1H. The van der Waals surface area contributed by atoms with Crippen molar-refractivity contribution in [1.29, 1.82) is 0 Å². The largest absolute Gasteiger partial charge is 0.497 e. The molecule has 8 heteroatoms. The Labute approximate surface area is 249 Å². The number of nitrogens with zero attached hydrogens (tertiary/aromatic N) is 5. The number of halogens is 1. The number of aromatic nitrogens is 2. The maximum atomic E-state index is 13.8. The van der Waals surface area contributed by atoms with Crippen molar-refractivity contribution < 1.29 is 9.53 Å². The molecule has 0 aliphatic carbocycles. The number of piperazine rings is 1. The van der Waals surface area contributed by atoms with E-state index < -0.39 is 0 Å². The maximum absolute atomic E-state index is 13.8. The van der Waals surface area contributed by atoms with Crippen molar-refractivity contribution >= 4 is 35.0 Å². The van der Waals surface area contributed by atoms with E-state index in [1.807, 2.05) is 23.1 Å². The van der Waals surface area contributed by atoms with Crippen LogP contribution in [-0.4, -0.2) is 71.6 Å².